The molecule has 0 radical (unpaired) electrons. The molecule has 29 heavy (non-hydrogen) atoms. The van der Waals surface area contributed by atoms with Crippen LogP contribution in [0.4, 0.5) is 10.1 Å². The zero-order valence-corrected chi connectivity index (χ0v) is 16.5. The van der Waals surface area contributed by atoms with Gasteiger partial charge in [-0.05, 0) is 43.2 Å². The van der Waals surface area contributed by atoms with E-state index in [1.54, 1.807) is 6.07 Å². The third-order valence-electron chi connectivity index (χ3n) is 5.59. The van der Waals surface area contributed by atoms with Gasteiger partial charge in [-0.3, -0.25) is 14.7 Å². The summed E-state index contributed by atoms with van der Waals surface area (Å²) >= 11 is 0. The minimum Gasteiger partial charge on any atom is -0.378 e. The second kappa shape index (κ2) is 9.33. The van der Waals surface area contributed by atoms with Crippen LogP contribution in [0.15, 0.2) is 42.6 Å². The number of hydrogen-bond donors (Lipinski definition) is 1. The predicted molar refractivity (Wildman–Crippen MR) is 109 cm³/mol. The molecule has 154 valence electrons. The van der Waals surface area contributed by atoms with Crippen LogP contribution in [0, 0.1) is 5.82 Å². The Bertz CT molecular complexity index is 819. The maximum Gasteiger partial charge on any atom is 0.253 e. The second-order valence-corrected chi connectivity index (χ2v) is 7.61. The first-order valence-corrected chi connectivity index (χ1v) is 10.2. The lowest BCUT2D eigenvalue weighted by molar-refractivity contribution is 0.0907. The van der Waals surface area contributed by atoms with E-state index in [-0.39, 0.29) is 11.9 Å². The number of hydrogen-bond acceptors (Lipinski definition) is 5. The zero-order valence-electron chi connectivity index (χ0n) is 16.5. The maximum atomic E-state index is 13.9. The average molecular weight is 398 g/mol. The predicted octanol–water partition coefficient (Wildman–Crippen LogP) is 2.45. The van der Waals surface area contributed by atoms with E-state index in [2.05, 4.69) is 20.1 Å². The minimum absolute atomic E-state index is 0.100. The fourth-order valence-electron chi connectivity index (χ4n) is 3.99. The molecule has 0 atom stereocenters. The smallest absolute Gasteiger partial charge is 0.253 e. The summed E-state index contributed by atoms with van der Waals surface area (Å²) in [4.78, 5) is 21.8. The van der Waals surface area contributed by atoms with Gasteiger partial charge in [0.2, 0.25) is 0 Å². The number of carbonyl (C=O) groups is 1. The monoisotopic (exact) mass is 398 g/mol. The summed E-state index contributed by atoms with van der Waals surface area (Å²) in [6, 6.07) is 10.5. The topological polar surface area (TPSA) is 57.7 Å². The number of piperidine rings is 1. The number of benzene rings is 1. The molecule has 2 saturated heterocycles. The molecule has 4 rings (SSSR count). The molecule has 3 heterocycles. The summed E-state index contributed by atoms with van der Waals surface area (Å²) in [5.41, 5.74) is 2.24. The lowest BCUT2D eigenvalue weighted by Gasteiger charge is -2.33. The third kappa shape index (κ3) is 5.10. The van der Waals surface area contributed by atoms with Crippen molar-refractivity contribution in [3.63, 3.8) is 0 Å². The Hall–Kier alpha value is -2.51. The van der Waals surface area contributed by atoms with Crippen LogP contribution in [0.5, 0.6) is 0 Å². The summed E-state index contributed by atoms with van der Waals surface area (Å²) < 4.78 is 19.3. The number of pyridine rings is 1. The van der Waals surface area contributed by atoms with Gasteiger partial charge >= 0.3 is 0 Å². The molecule has 7 heteroatoms. The van der Waals surface area contributed by atoms with Gasteiger partial charge < -0.3 is 15.0 Å². The molecule has 6 nitrogen and oxygen atoms in total. The molecule has 0 saturated carbocycles. The Balaban J connectivity index is 1.36. The fourth-order valence-corrected chi connectivity index (χ4v) is 3.99. The van der Waals surface area contributed by atoms with Crippen LogP contribution < -0.4 is 10.2 Å². The molecular formula is C22H27FN4O2. The quantitative estimate of drug-likeness (QED) is 0.839. The second-order valence-electron chi connectivity index (χ2n) is 7.61. The Morgan fingerprint density at radius 3 is 2.66 bits per heavy atom. The van der Waals surface area contributed by atoms with E-state index in [9.17, 15) is 9.18 Å². The number of morpholine rings is 1. The first-order chi connectivity index (χ1) is 14.2. The third-order valence-corrected chi connectivity index (χ3v) is 5.59. The first-order valence-electron chi connectivity index (χ1n) is 10.2. The van der Waals surface area contributed by atoms with E-state index >= 15 is 0 Å². The van der Waals surface area contributed by atoms with E-state index in [0.29, 0.717) is 31.9 Å². The molecule has 1 aromatic heterocycles. The number of nitrogens with zero attached hydrogens (tertiary/aromatic N) is 3. The molecule has 2 fully saturated rings. The highest BCUT2D eigenvalue weighted by Gasteiger charge is 2.24. The molecule has 2 aliphatic rings. The van der Waals surface area contributed by atoms with Crippen molar-refractivity contribution in [3.8, 4) is 0 Å². The molecule has 0 aliphatic carbocycles. The molecular weight excluding hydrogens is 371 g/mol. The van der Waals surface area contributed by atoms with Crippen molar-refractivity contribution in [2.75, 3.05) is 44.3 Å². The summed E-state index contributed by atoms with van der Waals surface area (Å²) in [6.07, 6.45) is 3.56. The van der Waals surface area contributed by atoms with E-state index in [1.807, 2.05) is 24.4 Å². The highest BCUT2D eigenvalue weighted by Crippen LogP contribution is 2.24. The highest BCUT2D eigenvalue weighted by molar-refractivity contribution is 6.00. The van der Waals surface area contributed by atoms with Crippen molar-refractivity contribution in [1.29, 1.82) is 0 Å². The van der Waals surface area contributed by atoms with E-state index in [4.69, 9.17) is 4.74 Å². The van der Waals surface area contributed by atoms with Gasteiger partial charge in [-0.25, -0.2) is 4.39 Å². The number of ether oxygens (including phenoxy) is 1. The average Bonchev–Trinajstić information content (AvgIpc) is 2.76. The van der Waals surface area contributed by atoms with Crippen LogP contribution in [-0.2, 0) is 11.3 Å². The number of nitrogens with one attached hydrogen (secondary N) is 1. The maximum absolute atomic E-state index is 13.9. The number of amides is 1. The Morgan fingerprint density at radius 2 is 1.93 bits per heavy atom. The number of rotatable bonds is 5. The first kappa shape index (κ1) is 19.8. The van der Waals surface area contributed by atoms with E-state index < -0.39 is 5.82 Å². The molecule has 1 amide bonds. The van der Waals surface area contributed by atoms with Crippen molar-refractivity contribution in [2.24, 2.45) is 0 Å². The van der Waals surface area contributed by atoms with Crippen molar-refractivity contribution < 1.29 is 13.9 Å². The van der Waals surface area contributed by atoms with Crippen LogP contribution in [-0.4, -0.2) is 61.2 Å². The molecule has 0 spiro atoms. The fraction of sp³-hybridized carbons (Fsp3) is 0.455. The molecule has 2 aliphatic heterocycles. The molecule has 0 unspecified atom stereocenters. The molecule has 0 bridgehead atoms. The van der Waals surface area contributed by atoms with Crippen LogP contribution in [0.2, 0.25) is 0 Å². The van der Waals surface area contributed by atoms with Gasteiger partial charge in [0.1, 0.15) is 5.82 Å². The number of halogens is 1. The van der Waals surface area contributed by atoms with Gasteiger partial charge in [0, 0.05) is 50.6 Å². The largest absolute Gasteiger partial charge is 0.378 e. The molecule has 1 aromatic carbocycles. The van der Waals surface area contributed by atoms with Gasteiger partial charge in [0.05, 0.1) is 24.5 Å². The van der Waals surface area contributed by atoms with Crippen LogP contribution in [0.3, 0.4) is 0 Å². The van der Waals surface area contributed by atoms with Crippen molar-refractivity contribution >= 4 is 11.6 Å². The summed E-state index contributed by atoms with van der Waals surface area (Å²) in [5, 5.41) is 3.12. The number of aromatic nitrogens is 1. The van der Waals surface area contributed by atoms with Gasteiger partial charge in [0.25, 0.3) is 5.91 Å². The highest BCUT2D eigenvalue weighted by atomic mass is 19.1. The van der Waals surface area contributed by atoms with Crippen molar-refractivity contribution in [1.82, 2.24) is 15.2 Å². The Morgan fingerprint density at radius 1 is 1.14 bits per heavy atom. The van der Waals surface area contributed by atoms with Crippen LogP contribution >= 0.6 is 0 Å². The summed E-state index contributed by atoms with van der Waals surface area (Å²) in [6.45, 7) is 5.28. The van der Waals surface area contributed by atoms with Gasteiger partial charge in [-0.15, -0.1) is 0 Å². The van der Waals surface area contributed by atoms with Crippen LogP contribution in [0.1, 0.15) is 28.9 Å². The number of carbonyl (C=O) groups excluding carboxylic acids is 1. The molecule has 2 aromatic rings. The standard InChI is InChI=1S/C22H27FN4O2/c23-17-4-5-21(27-11-13-29-14-12-27)20(15-17)22(28)25-18-6-9-26(10-7-18)16-19-3-1-2-8-24-19/h1-5,8,15,18H,6-7,9-14,16H2,(H,25,28). The Kier molecular flexibility index (Phi) is 6.36. The summed E-state index contributed by atoms with van der Waals surface area (Å²) in [5.74, 6) is -0.591. The van der Waals surface area contributed by atoms with Gasteiger partial charge in [0.15, 0.2) is 0 Å². The SMILES string of the molecule is O=C(NC1CCN(Cc2ccccn2)CC1)c1cc(F)ccc1N1CCOCC1. The lowest BCUT2D eigenvalue weighted by Crippen LogP contribution is -2.45. The summed E-state index contributed by atoms with van der Waals surface area (Å²) in [7, 11) is 0. The van der Waals surface area contributed by atoms with Gasteiger partial charge in [-0.1, -0.05) is 6.07 Å². The minimum atomic E-state index is -0.391. The van der Waals surface area contributed by atoms with E-state index in [0.717, 1.165) is 43.9 Å². The zero-order chi connectivity index (χ0) is 20.1. The number of likely N-dealkylation sites (tertiary alicyclic amines) is 1. The lowest BCUT2D eigenvalue weighted by atomic mass is 10.0. The van der Waals surface area contributed by atoms with E-state index in [1.165, 1.54) is 12.1 Å². The Labute approximate surface area is 170 Å². The van der Waals surface area contributed by atoms with Crippen molar-refractivity contribution in [3.05, 3.63) is 59.7 Å². The van der Waals surface area contributed by atoms with Gasteiger partial charge in [-0.2, -0.15) is 0 Å². The normalized spacial score (nSPS) is 18.6. The number of anilines is 1. The van der Waals surface area contributed by atoms with Crippen LogP contribution in [0.25, 0.3) is 0 Å². The molecule has 1 N–H and O–H groups in total. The van der Waals surface area contributed by atoms with Crippen molar-refractivity contribution in [2.45, 2.75) is 25.4 Å².